The van der Waals surface area contributed by atoms with Crippen LogP contribution in [-0.4, -0.2) is 24.3 Å². The molecule has 0 spiro atoms. The first-order valence-corrected chi connectivity index (χ1v) is 11.6. The lowest BCUT2D eigenvalue weighted by molar-refractivity contribution is -0.124. The summed E-state index contributed by atoms with van der Waals surface area (Å²) >= 11 is 3.42. The van der Waals surface area contributed by atoms with Gasteiger partial charge in [0.05, 0.1) is 10.3 Å². The molecule has 0 aliphatic heterocycles. The molecule has 154 valence electrons. The molecule has 3 aromatic rings. The number of anilines is 2. The molecule has 1 aliphatic carbocycles. The summed E-state index contributed by atoms with van der Waals surface area (Å²) in [6.07, 6.45) is 5.46. The fourth-order valence-electron chi connectivity index (χ4n) is 3.45. The molecule has 7 nitrogen and oxygen atoms in total. The quantitative estimate of drug-likeness (QED) is 0.545. The zero-order chi connectivity index (χ0) is 21.2. The molecule has 0 atom stereocenters. The summed E-state index contributed by atoms with van der Waals surface area (Å²) in [5.41, 5.74) is 0.983. The maximum atomic E-state index is 13.1. The Morgan fingerprint density at radius 1 is 0.967 bits per heavy atom. The molecule has 0 unspecified atom stereocenters. The Kier molecular flexibility index (Phi) is 5.57. The first-order valence-electron chi connectivity index (χ1n) is 9.36. The van der Waals surface area contributed by atoms with E-state index in [0.717, 1.165) is 29.3 Å². The maximum absolute atomic E-state index is 13.1. The van der Waals surface area contributed by atoms with Gasteiger partial charge in [0.2, 0.25) is 11.9 Å². The highest BCUT2D eigenvalue weighted by atomic mass is 79.9. The summed E-state index contributed by atoms with van der Waals surface area (Å²) in [6, 6.07) is 15.4. The predicted molar refractivity (Wildman–Crippen MR) is 118 cm³/mol. The minimum absolute atomic E-state index is 0.00342. The van der Waals surface area contributed by atoms with E-state index in [1.807, 2.05) is 24.3 Å². The van der Waals surface area contributed by atoms with Crippen molar-refractivity contribution in [3.63, 3.8) is 0 Å². The molecule has 9 heteroatoms. The van der Waals surface area contributed by atoms with E-state index >= 15 is 0 Å². The van der Waals surface area contributed by atoms with Gasteiger partial charge < -0.3 is 5.32 Å². The third-order valence-corrected chi connectivity index (χ3v) is 7.13. The Bertz CT molecular complexity index is 1150. The fourth-order valence-corrected chi connectivity index (χ4v) is 4.67. The van der Waals surface area contributed by atoms with E-state index in [4.69, 9.17) is 0 Å². The second-order valence-corrected chi connectivity index (χ2v) is 9.70. The highest BCUT2D eigenvalue weighted by Crippen LogP contribution is 2.44. The van der Waals surface area contributed by atoms with E-state index < -0.39 is 15.4 Å². The third kappa shape index (κ3) is 4.08. The molecule has 1 heterocycles. The number of aromatic nitrogens is 2. The maximum Gasteiger partial charge on any atom is 0.264 e. The van der Waals surface area contributed by atoms with E-state index in [1.54, 1.807) is 18.2 Å². The third-order valence-electron chi connectivity index (χ3n) is 5.25. The van der Waals surface area contributed by atoms with Gasteiger partial charge in [-0.25, -0.2) is 23.1 Å². The van der Waals surface area contributed by atoms with Gasteiger partial charge in [-0.05, 0) is 60.9 Å². The van der Waals surface area contributed by atoms with Gasteiger partial charge in [-0.1, -0.05) is 34.5 Å². The van der Waals surface area contributed by atoms with Crippen LogP contribution in [0.1, 0.15) is 24.8 Å². The highest BCUT2D eigenvalue weighted by molar-refractivity contribution is 9.10. The standard InChI is InChI=1S/C21H19BrN4O3S/c22-16-5-3-15(4-6-16)21(11-1-12-21)19(27)25-17-7-9-18(10-8-17)30(28,29)26-20-23-13-2-14-24-20/h2-10,13-14H,1,11-12H2,(H,25,27)(H,23,24,26). The number of amides is 1. The SMILES string of the molecule is O=C(Nc1ccc(S(=O)(=O)Nc2ncccn2)cc1)C1(c2ccc(Br)cc2)CCC1. The topological polar surface area (TPSA) is 101 Å². The molecule has 2 aromatic carbocycles. The van der Waals surface area contributed by atoms with Crippen molar-refractivity contribution >= 4 is 43.5 Å². The number of benzene rings is 2. The summed E-state index contributed by atoms with van der Waals surface area (Å²) in [5.74, 6) is -0.0845. The van der Waals surface area contributed by atoms with Crippen LogP contribution in [0.15, 0.2) is 76.4 Å². The van der Waals surface area contributed by atoms with Crippen molar-refractivity contribution in [2.75, 3.05) is 10.0 Å². The molecule has 1 fully saturated rings. The Hall–Kier alpha value is -2.78. The predicted octanol–water partition coefficient (Wildman–Crippen LogP) is 4.10. The molecule has 1 saturated carbocycles. The summed E-state index contributed by atoms with van der Waals surface area (Å²) < 4.78 is 28.2. The summed E-state index contributed by atoms with van der Waals surface area (Å²) in [5, 5.41) is 2.94. The number of sulfonamides is 1. The summed E-state index contributed by atoms with van der Waals surface area (Å²) in [4.78, 5) is 20.8. The first kappa shape index (κ1) is 20.5. The van der Waals surface area contributed by atoms with Crippen molar-refractivity contribution in [3.05, 3.63) is 77.0 Å². The normalized spacial score (nSPS) is 15.1. The van der Waals surface area contributed by atoms with Gasteiger partial charge >= 0.3 is 0 Å². The second kappa shape index (κ2) is 8.16. The van der Waals surface area contributed by atoms with Gasteiger partial charge in [0.25, 0.3) is 10.0 Å². The van der Waals surface area contributed by atoms with Gasteiger partial charge in [-0.15, -0.1) is 0 Å². The van der Waals surface area contributed by atoms with Crippen molar-refractivity contribution in [1.82, 2.24) is 9.97 Å². The monoisotopic (exact) mass is 486 g/mol. The Labute approximate surface area is 183 Å². The van der Waals surface area contributed by atoms with Crippen LogP contribution in [0.2, 0.25) is 0 Å². The minimum Gasteiger partial charge on any atom is -0.325 e. The molecule has 0 bridgehead atoms. The van der Waals surface area contributed by atoms with Gasteiger partial charge in [-0.2, -0.15) is 0 Å². The van der Waals surface area contributed by atoms with Crippen LogP contribution in [0.4, 0.5) is 11.6 Å². The number of rotatable bonds is 6. The van der Waals surface area contributed by atoms with E-state index in [1.165, 1.54) is 24.5 Å². The molecule has 1 aromatic heterocycles. The van der Waals surface area contributed by atoms with Crippen molar-refractivity contribution in [1.29, 1.82) is 0 Å². The number of nitrogens with one attached hydrogen (secondary N) is 2. The van der Waals surface area contributed by atoms with Gasteiger partial charge in [0.1, 0.15) is 0 Å². The van der Waals surface area contributed by atoms with Crippen molar-refractivity contribution in [2.45, 2.75) is 29.6 Å². The lowest BCUT2D eigenvalue weighted by atomic mass is 9.64. The number of carbonyl (C=O) groups excluding carboxylic acids is 1. The minimum atomic E-state index is -3.82. The molecular formula is C21H19BrN4O3S. The molecule has 1 amide bonds. The Balaban J connectivity index is 1.49. The van der Waals surface area contributed by atoms with Crippen molar-refractivity contribution in [3.8, 4) is 0 Å². The molecule has 2 N–H and O–H groups in total. The van der Waals surface area contributed by atoms with Crippen LogP contribution in [0, 0.1) is 0 Å². The zero-order valence-corrected chi connectivity index (χ0v) is 18.3. The summed E-state index contributed by atoms with van der Waals surface area (Å²) in [6.45, 7) is 0. The van der Waals surface area contributed by atoms with Crippen LogP contribution < -0.4 is 10.0 Å². The lowest BCUT2D eigenvalue weighted by Crippen LogP contribution is -2.46. The number of halogens is 1. The zero-order valence-electron chi connectivity index (χ0n) is 15.9. The molecule has 30 heavy (non-hydrogen) atoms. The number of hydrogen-bond acceptors (Lipinski definition) is 5. The van der Waals surface area contributed by atoms with Crippen LogP contribution in [0.25, 0.3) is 0 Å². The van der Waals surface area contributed by atoms with E-state index in [2.05, 4.69) is 35.9 Å². The average molecular weight is 487 g/mol. The smallest absolute Gasteiger partial charge is 0.264 e. The highest BCUT2D eigenvalue weighted by Gasteiger charge is 2.45. The van der Waals surface area contributed by atoms with Gasteiger partial charge in [0.15, 0.2) is 0 Å². The molecule has 4 rings (SSSR count). The Morgan fingerprint density at radius 3 is 2.17 bits per heavy atom. The van der Waals surface area contributed by atoms with Crippen LogP contribution in [0.3, 0.4) is 0 Å². The van der Waals surface area contributed by atoms with E-state index in [0.29, 0.717) is 5.69 Å². The van der Waals surface area contributed by atoms with E-state index in [-0.39, 0.29) is 16.8 Å². The number of hydrogen-bond donors (Lipinski definition) is 2. The van der Waals surface area contributed by atoms with Crippen LogP contribution in [0.5, 0.6) is 0 Å². The lowest BCUT2D eigenvalue weighted by Gasteiger charge is -2.40. The average Bonchev–Trinajstić information content (AvgIpc) is 2.69. The molecule has 1 aliphatic rings. The Morgan fingerprint density at radius 2 is 1.60 bits per heavy atom. The van der Waals surface area contributed by atoms with Crippen LogP contribution in [-0.2, 0) is 20.2 Å². The largest absolute Gasteiger partial charge is 0.325 e. The first-order chi connectivity index (χ1) is 14.4. The summed E-state index contributed by atoms with van der Waals surface area (Å²) in [7, 11) is -3.82. The fraction of sp³-hybridized carbons (Fsp3) is 0.190. The van der Waals surface area contributed by atoms with Crippen LogP contribution >= 0.6 is 15.9 Å². The van der Waals surface area contributed by atoms with Crippen molar-refractivity contribution in [2.24, 2.45) is 0 Å². The second-order valence-electron chi connectivity index (χ2n) is 7.10. The van der Waals surface area contributed by atoms with E-state index in [9.17, 15) is 13.2 Å². The van der Waals surface area contributed by atoms with Crippen molar-refractivity contribution < 1.29 is 13.2 Å². The molecule has 0 radical (unpaired) electrons. The van der Waals surface area contributed by atoms with Gasteiger partial charge in [-0.3, -0.25) is 4.79 Å². The number of nitrogens with zero attached hydrogens (tertiary/aromatic N) is 2. The molecule has 0 saturated heterocycles. The molecular weight excluding hydrogens is 468 g/mol. The van der Waals surface area contributed by atoms with Gasteiger partial charge in [0, 0.05) is 22.6 Å². The number of carbonyl (C=O) groups is 1.